The van der Waals surface area contributed by atoms with E-state index >= 15 is 0 Å². The number of nitrogens with one attached hydrogen (secondary N) is 1. The molecule has 0 saturated heterocycles. The summed E-state index contributed by atoms with van der Waals surface area (Å²) in [6.07, 6.45) is 0. The number of amides is 2. The molecule has 1 heterocycles. The largest absolute Gasteiger partial charge is 0.484 e. The summed E-state index contributed by atoms with van der Waals surface area (Å²) in [7, 11) is 0. The Morgan fingerprint density at radius 2 is 1.82 bits per heavy atom. The Morgan fingerprint density at radius 1 is 1.11 bits per heavy atom. The van der Waals surface area contributed by atoms with Gasteiger partial charge in [0.15, 0.2) is 11.7 Å². The zero-order valence-corrected chi connectivity index (χ0v) is 17.0. The third-order valence-corrected chi connectivity index (χ3v) is 5.25. The van der Waals surface area contributed by atoms with Crippen LogP contribution in [-0.4, -0.2) is 41.4 Å². The summed E-state index contributed by atoms with van der Waals surface area (Å²) < 4.78 is 6.55. The molecule has 7 heteroatoms. The zero-order chi connectivity index (χ0) is 20.1. The summed E-state index contributed by atoms with van der Waals surface area (Å²) in [4.78, 5) is 30.6. The summed E-state index contributed by atoms with van der Waals surface area (Å²) in [6.45, 7) is 7.12. The molecule has 3 aromatic rings. The molecule has 1 N–H and O–H groups in total. The highest BCUT2D eigenvalue weighted by Crippen LogP contribution is 2.26. The van der Waals surface area contributed by atoms with Gasteiger partial charge in [0, 0.05) is 18.7 Å². The number of carbonyl (C=O) groups is 2. The maximum absolute atomic E-state index is 12.3. The van der Waals surface area contributed by atoms with Gasteiger partial charge in [-0.3, -0.25) is 14.9 Å². The monoisotopic (exact) mass is 397 g/mol. The first kappa shape index (κ1) is 19.8. The third kappa shape index (κ3) is 4.67. The van der Waals surface area contributed by atoms with Crippen molar-refractivity contribution in [3.63, 3.8) is 0 Å². The van der Waals surface area contributed by atoms with Crippen molar-refractivity contribution < 1.29 is 14.3 Å². The molecule has 0 radical (unpaired) electrons. The smallest absolute Gasteiger partial charge is 0.264 e. The first-order chi connectivity index (χ1) is 13.5. The summed E-state index contributed by atoms with van der Waals surface area (Å²) in [6, 6.07) is 12.8. The molecule has 3 rings (SSSR count). The number of fused-ring (bicyclic) bond motifs is 1. The molecule has 0 saturated carbocycles. The summed E-state index contributed by atoms with van der Waals surface area (Å²) in [5.74, 6) is 0.241. The van der Waals surface area contributed by atoms with Crippen LogP contribution in [0.5, 0.6) is 5.75 Å². The fourth-order valence-electron chi connectivity index (χ4n) is 2.78. The lowest BCUT2D eigenvalue weighted by molar-refractivity contribution is -0.118. The number of hydrogen-bond acceptors (Lipinski definition) is 5. The number of ether oxygens (including phenoxy) is 1. The molecular formula is C21H23N3O3S. The molecule has 0 spiro atoms. The van der Waals surface area contributed by atoms with Gasteiger partial charge in [-0.2, -0.15) is 0 Å². The zero-order valence-electron chi connectivity index (χ0n) is 16.2. The van der Waals surface area contributed by atoms with E-state index in [9.17, 15) is 9.59 Å². The van der Waals surface area contributed by atoms with Crippen molar-refractivity contribution in [3.05, 3.63) is 53.6 Å². The Bertz CT molecular complexity index is 978. The Kier molecular flexibility index (Phi) is 6.26. The first-order valence-electron chi connectivity index (χ1n) is 9.19. The second kappa shape index (κ2) is 8.84. The average molecular weight is 398 g/mol. The van der Waals surface area contributed by atoms with Crippen LogP contribution in [-0.2, 0) is 4.79 Å². The van der Waals surface area contributed by atoms with Gasteiger partial charge in [-0.1, -0.05) is 17.4 Å². The van der Waals surface area contributed by atoms with Crippen LogP contribution in [0.3, 0.4) is 0 Å². The number of carbonyl (C=O) groups excluding carboxylic acids is 2. The standard InChI is InChI=1S/C21H23N3O3S/c1-4-24(5-2)20(26)15-7-9-16(10-8-15)27-13-19(25)23-21-22-17-11-6-14(3)12-18(17)28-21/h6-12H,4-5,13H2,1-3H3,(H,22,23,25). The molecule has 1 aromatic heterocycles. The van der Waals surface area contributed by atoms with Crippen molar-refractivity contribution in [1.82, 2.24) is 9.88 Å². The number of anilines is 1. The van der Waals surface area contributed by atoms with E-state index in [1.165, 1.54) is 11.3 Å². The number of thiazole rings is 1. The highest BCUT2D eigenvalue weighted by atomic mass is 32.1. The van der Waals surface area contributed by atoms with Gasteiger partial charge in [-0.05, 0) is 62.7 Å². The van der Waals surface area contributed by atoms with E-state index < -0.39 is 0 Å². The lowest BCUT2D eigenvalue weighted by Crippen LogP contribution is -2.30. The summed E-state index contributed by atoms with van der Waals surface area (Å²) in [5, 5.41) is 3.31. The van der Waals surface area contributed by atoms with Crippen molar-refractivity contribution in [2.24, 2.45) is 0 Å². The van der Waals surface area contributed by atoms with Crippen LogP contribution in [0.2, 0.25) is 0 Å². The number of nitrogens with zero attached hydrogens (tertiary/aromatic N) is 2. The Morgan fingerprint density at radius 3 is 2.50 bits per heavy atom. The maximum atomic E-state index is 12.3. The minimum Gasteiger partial charge on any atom is -0.484 e. The SMILES string of the molecule is CCN(CC)C(=O)c1ccc(OCC(=O)Nc2nc3ccc(C)cc3s2)cc1. The minimum atomic E-state index is -0.279. The fraction of sp³-hybridized carbons (Fsp3) is 0.286. The second-order valence-corrected chi connectivity index (χ2v) is 7.36. The van der Waals surface area contributed by atoms with Crippen molar-refractivity contribution in [3.8, 4) is 5.75 Å². The van der Waals surface area contributed by atoms with Crippen LogP contribution >= 0.6 is 11.3 Å². The lowest BCUT2D eigenvalue weighted by atomic mass is 10.2. The number of rotatable bonds is 7. The molecule has 146 valence electrons. The Balaban J connectivity index is 1.55. The molecule has 2 amide bonds. The predicted octanol–water partition coefficient (Wildman–Crippen LogP) is 4.10. The molecule has 0 unspecified atom stereocenters. The van der Waals surface area contributed by atoms with Gasteiger partial charge in [0.1, 0.15) is 5.75 Å². The minimum absolute atomic E-state index is 0.0136. The van der Waals surface area contributed by atoms with Crippen molar-refractivity contribution in [2.75, 3.05) is 25.0 Å². The summed E-state index contributed by atoms with van der Waals surface area (Å²) in [5.41, 5.74) is 2.62. The van der Waals surface area contributed by atoms with Crippen LogP contribution in [0, 0.1) is 6.92 Å². The van der Waals surface area contributed by atoms with E-state index in [0.29, 0.717) is 29.5 Å². The van der Waals surface area contributed by atoms with E-state index in [4.69, 9.17) is 4.74 Å². The predicted molar refractivity (Wildman–Crippen MR) is 112 cm³/mol. The molecule has 6 nitrogen and oxygen atoms in total. The quantitative estimate of drug-likeness (QED) is 0.651. The van der Waals surface area contributed by atoms with Gasteiger partial charge < -0.3 is 9.64 Å². The van der Waals surface area contributed by atoms with Crippen LogP contribution in [0.4, 0.5) is 5.13 Å². The van der Waals surface area contributed by atoms with Crippen LogP contribution in [0.15, 0.2) is 42.5 Å². The van der Waals surface area contributed by atoms with Crippen LogP contribution in [0.1, 0.15) is 29.8 Å². The number of aromatic nitrogens is 1. The normalized spacial score (nSPS) is 10.7. The molecule has 0 aliphatic rings. The van der Waals surface area contributed by atoms with E-state index in [0.717, 1.165) is 15.8 Å². The highest BCUT2D eigenvalue weighted by Gasteiger charge is 2.13. The van der Waals surface area contributed by atoms with Gasteiger partial charge in [-0.25, -0.2) is 4.98 Å². The topological polar surface area (TPSA) is 71.5 Å². The summed E-state index contributed by atoms with van der Waals surface area (Å²) >= 11 is 1.43. The molecule has 0 fully saturated rings. The highest BCUT2D eigenvalue weighted by molar-refractivity contribution is 7.22. The van der Waals surface area contributed by atoms with Gasteiger partial charge in [-0.15, -0.1) is 0 Å². The number of benzene rings is 2. The molecule has 0 aliphatic carbocycles. The van der Waals surface area contributed by atoms with Crippen LogP contribution < -0.4 is 10.1 Å². The van der Waals surface area contributed by atoms with Gasteiger partial charge in [0.05, 0.1) is 10.2 Å². The number of aryl methyl sites for hydroxylation is 1. The Labute approximate surface area is 168 Å². The van der Waals surface area contributed by atoms with Gasteiger partial charge in [0.2, 0.25) is 0 Å². The second-order valence-electron chi connectivity index (χ2n) is 6.33. The van der Waals surface area contributed by atoms with E-state index in [2.05, 4.69) is 10.3 Å². The fourth-order valence-corrected chi connectivity index (χ4v) is 3.76. The maximum Gasteiger partial charge on any atom is 0.264 e. The molecule has 2 aromatic carbocycles. The van der Waals surface area contributed by atoms with Crippen molar-refractivity contribution >= 4 is 38.5 Å². The third-order valence-electron chi connectivity index (χ3n) is 4.31. The molecule has 0 atom stereocenters. The molecule has 28 heavy (non-hydrogen) atoms. The Hall–Kier alpha value is -2.93. The molecular weight excluding hydrogens is 374 g/mol. The van der Waals surface area contributed by atoms with Crippen molar-refractivity contribution in [2.45, 2.75) is 20.8 Å². The van der Waals surface area contributed by atoms with E-state index in [1.807, 2.05) is 39.0 Å². The van der Waals surface area contributed by atoms with E-state index in [1.54, 1.807) is 29.2 Å². The average Bonchev–Trinajstić information content (AvgIpc) is 3.08. The molecule has 0 bridgehead atoms. The van der Waals surface area contributed by atoms with Gasteiger partial charge >= 0.3 is 0 Å². The lowest BCUT2D eigenvalue weighted by Gasteiger charge is -2.18. The van der Waals surface area contributed by atoms with Crippen molar-refractivity contribution in [1.29, 1.82) is 0 Å². The molecule has 0 aliphatic heterocycles. The van der Waals surface area contributed by atoms with Crippen LogP contribution in [0.25, 0.3) is 10.2 Å². The first-order valence-corrected chi connectivity index (χ1v) is 10.0. The van der Waals surface area contributed by atoms with E-state index in [-0.39, 0.29) is 18.4 Å². The number of hydrogen-bond donors (Lipinski definition) is 1. The van der Waals surface area contributed by atoms with Gasteiger partial charge in [0.25, 0.3) is 11.8 Å².